The van der Waals surface area contributed by atoms with Gasteiger partial charge < -0.3 is 10.2 Å². The fourth-order valence-corrected chi connectivity index (χ4v) is 3.33. The summed E-state index contributed by atoms with van der Waals surface area (Å²) in [6.07, 6.45) is 0. The average molecular weight is 354 g/mol. The number of nitrogens with one attached hydrogen (secondary N) is 1. The van der Waals surface area contributed by atoms with Gasteiger partial charge in [0.15, 0.2) is 9.84 Å². The molecule has 0 bridgehead atoms. The number of hydrogen-bond donors (Lipinski definition) is 1. The Hall–Kier alpha value is -1.89. The Morgan fingerprint density at radius 1 is 1.17 bits per heavy atom. The predicted octanol–water partition coefficient (Wildman–Crippen LogP) is 1.86. The largest absolute Gasteiger partial charge is 0.350 e. The monoisotopic (exact) mass is 354 g/mol. The van der Waals surface area contributed by atoms with E-state index in [9.17, 15) is 18.0 Å². The van der Waals surface area contributed by atoms with E-state index in [-0.39, 0.29) is 22.9 Å². The van der Waals surface area contributed by atoms with Gasteiger partial charge >= 0.3 is 0 Å². The van der Waals surface area contributed by atoms with Gasteiger partial charge in [0.05, 0.1) is 22.3 Å². The molecule has 0 spiro atoms. The van der Waals surface area contributed by atoms with Crippen LogP contribution in [0.15, 0.2) is 29.2 Å². The summed E-state index contributed by atoms with van der Waals surface area (Å²) in [5, 5.41) is 2.13. The average Bonchev–Trinajstić information content (AvgIpc) is 2.44. The van der Waals surface area contributed by atoms with Crippen molar-refractivity contribution in [3.63, 3.8) is 0 Å². The van der Waals surface area contributed by atoms with Crippen LogP contribution in [0.25, 0.3) is 0 Å². The third-order valence-corrected chi connectivity index (χ3v) is 5.50. The maximum atomic E-state index is 12.6. The minimum absolute atomic E-state index is 0.00641. The van der Waals surface area contributed by atoms with Crippen molar-refractivity contribution in [2.45, 2.75) is 50.3 Å². The Labute approximate surface area is 144 Å². The fraction of sp³-hybridized carbons (Fsp3) is 0.529. The van der Waals surface area contributed by atoms with Crippen LogP contribution in [-0.2, 0) is 14.6 Å². The summed E-state index contributed by atoms with van der Waals surface area (Å²) in [6.45, 7) is 8.52. The van der Waals surface area contributed by atoms with E-state index in [2.05, 4.69) is 5.32 Å². The second-order valence-corrected chi connectivity index (χ2v) is 9.52. The summed E-state index contributed by atoms with van der Waals surface area (Å²) >= 11 is 0. The molecule has 0 radical (unpaired) electrons. The van der Waals surface area contributed by atoms with Gasteiger partial charge in [-0.2, -0.15) is 0 Å². The lowest BCUT2D eigenvalue weighted by Gasteiger charge is -2.24. The van der Waals surface area contributed by atoms with Crippen LogP contribution < -0.4 is 5.32 Å². The summed E-state index contributed by atoms with van der Waals surface area (Å²) < 4.78 is 24.9. The Morgan fingerprint density at radius 2 is 1.71 bits per heavy atom. The number of nitrogens with zero attached hydrogens (tertiary/aromatic N) is 1. The first kappa shape index (κ1) is 20.2. The normalized spacial score (nSPS) is 12.1. The highest BCUT2D eigenvalue weighted by Crippen LogP contribution is 2.21. The summed E-state index contributed by atoms with van der Waals surface area (Å²) in [5.41, 5.74) is -0.322. The lowest BCUT2D eigenvalue weighted by atomic mass is 10.1. The van der Waals surface area contributed by atoms with Crippen molar-refractivity contribution in [1.82, 2.24) is 10.2 Å². The number of benzene rings is 1. The molecule has 0 fully saturated rings. The maximum absolute atomic E-state index is 12.6. The fourth-order valence-electron chi connectivity index (χ4n) is 2.10. The first-order valence-corrected chi connectivity index (χ1v) is 9.30. The lowest BCUT2D eigenvalue weighted by molar-refractivity contribution is -0.122. The number of hydrogen-bond acceptors (Lipinski definition) is 4. The maximum Gasteiger partial charge on any atom is 0.255 e. The zero-order valence-corrected chi connectivity index (χ0v) is 15.9. The van der Waals surface area contributed by atoms with Crippen LogP contribution in [0, 0.1) is 0 Å². The molecule has 0 unspecified atom stereocenters. The molecule has 134 valence electrons. The van der Waals surface area contributed by atoms with Crippen molar-refractivity contribution >= 4 is 21.7 Å². The molecule has 0 atom stereocenters. The van der Waals surface area contributed by atoms with Gasteiger partial charge in [-0.1, -0.05) is 12.1 Å². The number of likely N-dealkylation sites (N-methyl/N-ethyl adjacent to an activating group) is 1. The van der Waals surface area contributed by atoms with E-state index < -0.39 is 26.5 Å². The lowest BCUT2D eigenvalue weighted by Crippen LogP contribution is -2.46. The molecule has 1 N–H and O–H groups in total. The molecule has 1 rings (SSSR count). The SMILES string of the molecule is CC(C)S(=O)(=O)c1ccccc1C(=O)N(C)CC(=O)NC(C)(C)C. The highest BCUT2D eigenvalue weighted by atomic mass is 32.2. The molecule has 2 amide bonds. The van der Waals surface area contributed by atoms with E-state index in [1.807, 2.05) is 20.8 Å². The molecule has 6 nitrogen and oxygen atoms in total. The summed E-state index contributed by atoms with van der Waals surface area (Å²) in [7, 11) is -2.12. The number of carbonyl (C=O) groups excluding carboxylic acids is 2. The molecule has 0 saturated carbocycles. The standard InChI is InChI=1S/C17H26N2O4S/c1-12(2)24(22,23)14-10-8-7-9-13(14)16(21)19(6)11-15(20)18-17(3,4)5/h7-10,12H,11H2,1-6H3,(H,18,20). The molecular formula is C17H26N2O4S. The van der Waals surface area contributed by atoms with Crippen LogP contribution in [0.5, 0.6) is 0 Å². The third kappa shape index (κ3) is 5.06. The molecule has 1 aromatic carbocycles. The number of carbonyl (C=O) groups is 2. The van der Waals surface area contributed by atoms with Gasteiger partial charge in [0.2, 0.25) is 5.91 Å². The van der Waals surface area contributed by atoms with Crippen LogP contribution in [0.2, 0.25) is 0 Å². The van der Waals surface area contributed by atoms with Crippen molar-refractivity contribution in [2.24, 2.45) is 0 Å². The van der Waals surface area contributed by atoms with Gasteiger partial charge in [0.1, 0.15) is 0 Å². The number of amides is 2. The van der Waals surface area contributed by atoms with Gasteiger partial charge in [0, 0.05) is 12.6 Å². The second-order valence-electron chi connectivity index (χ2n) is 7.05. The molecular weight excluding hydrogens is 328 g/mol. The van der Waals surface area contributed by atoms with Gasteiger partial charge in [-0.3, -0.25) is 9.59 Å². The second kappa shape index (κ2) is 7.34. The van der Waals surface area contributed by atoms with E-state index >= 15 is 0 Å². The van der Waals surface area contributed by atoms with E-state index in [1.54, 1.807) is 26.0 Å². The molecule has 0 aromatic heterocycles. The van der Waals surface area contributed by atoms with Crippen LogP contribution in [0.4, 0.5) is 0 Å². The molecule has 7 heteroatoms. The molecule has 0 saturated heterocycles. The van der Waals surface area contributed by atoms with Crippen molar-refractivity contribution in [2.75, 3.05) is 13.6 Å². The molecule has 24 heavy (non-hydrogen) atoms. The minimum atomic E-state index is -3.59. The topological polar surface area (TPSA) is 83.6 Å². The highest BCUT2D eigenvalue weighted by molar-refractivity contribution is 7.92. The van der Waals surface area contributed by atoms with Gasteiger partial charge in [-0.25, -0.2) is 8.42 Å². The molecule has 0 aliphatic heterocycles. The van der Waals surface area contributed by atoms with Gasteiger partial charge in [-0.05, 0) is 46.8 Å². The van der Waals surface area contributed by atoms with Crippen molar-refractivity contribution in [3.05, 3.63) is 29.8 Å². The van der Waals surface area contributed by atoms with E-state index in [1.165, 1.54) is 24.1 Å². The van der Waals surface area contributed by atoms with E-state index in [4.69, 9.17) is 0 Å². The van der Waals surface area contributed by atoms with Crippen LogP contribution in [0.3, 0.4) is 0 Å². The summed E-state index contributed by atoms with van der Waals surface area (Å²) in [5.74, 6) is -0.804. The minimum Gasteiger partial charge on any atom is -0.350 e. The summed E-state index contributed by atoms with van der Waals surface area (Å²) in [4.78, 5) is 25.8. The Bertz CT molecular complexity index is 718. The Kier molecular flexibility index (Phi) is 6.16. The first-order chi connectivity index (χ1) is 10.9. The Morgan fingerprint density at radius 3 is 2.21 bits per heavy atom. The van der Waals surface area contributed by atoms with Gasteiger partial charge in [-0.15, -0.1) is 0 Å². The first-order valence-electron chi connectivity index (χ1n) is 7.75. The quantitative estimate of drug-likeness (QED) is 0.875. The molecule has 0 aliphatic carbocycles. The van der Waals surface area contributed by atoms with Crippen LogP contribution >= 0.6 is 0 Å². The van der Waals surface area contributed by atoms with Crippen molar-refractivity contribution in [3.8, 4) is 0 Å². The van der Waals surface area contributed by atoms with Crippen LogP contribution in [-0.4, -0.2) is 49.5 Å². The molecule has 1 aromatic rings. The van der Waals surface area contributed by atoms with Crippen molar-refractivity contribution in [1.29, 1.82) is 0 Å². The smallest absolute Gasteiger partial charge is 0.255 e. The molecule has 0 aliphatic rings. The number of rotatable bonds is 5. The zero-order valence-electron chi connectivity index (χ0n) is 15.1. The zero-order chi connectivity index (χ0) is 18.7. The third-order valence-electron chi connectivity index (χ3n) is 3.29. The molecule has 0 heterocycles. The Balaban J connectivity index is 3.07. The van der Waals surface area contributed by atoms with Crippen LogP contribution in [0.1, 0.15) is 45.0 Å². The van der Waals surface area contributed by atoms with E-state index in [0.717, 1.165) is 0 Å². The van der Waals surface area contributed by atoms with Gasteiger partial charge in [0.25, 0.3) is 5.91 Å². The van der Waals surface area contributed by atoms with E-state index in [0.29, 0.717) is 0 Å². The highest BCUT2D eigenvalue weighted by Gasteiger charge is 2.27. The predicted molar refractivity (Wildman–Crippen MR) is 93.6 cm³/mol. The number of sulfone groups is 1. The van der Waals surface area contributed by atoms with Crippen molar-refractivity contribution < 1.29 is 18.0 Å². The summed E-state index contributed by atoms with van der Waals surface area (Å²) in [6, 6.07) is 6.08.